The Morgan fingerprint density at radius 1 is 0.862 bits per heavy atom. The summed E-state index contributed by atoms with van der Waals surface area (Å²) in [5, 5.41) is 5.06. The first-order chi connectivity index (χ1) is 14.1. The summed E-state index contributed by atoms with van der Waals surface area (Å²) >= 11 is 5.99. The van der Waals surface area contributed by atoms with Crippen LogP contribution in [-0.4, -0.2) is 19.3 Å². The summed E-state index contributed by atoms with van der Waals surface area (Å²) in [7, 11) is 0. The molecule has 5 rings (SSSR count). The number of hydrogen-bond acceptors (Lipinski definition) is 2. The van der Waals surface area contributed by atoms with Crippen molar-refractivity contribution in [1.29, 1.82) is 0 Å². The van der Waals surface area contributed by atoms with Crippen molar-refractivity contribution in [3.63, 3.8) is 0 Å². The Bertz CT molecular complexity index is 1340. The lowest BCUT2D eigenvalue weighted by Gasteiger charge is -2.10. The van der Waals surface area contributed by atoms with Gasteiger partial charge in [0.2, 0.25) is 0 Å². The van der Waals surface area contributed by atoms with E-state index >= 15 is 0 Å². The molecule has 4 nitrogen and oxygen atoms in total. The monoisotopic (exact) mass is 406 g/mol. The van der Waals surface area contributed by atoms with E-state index in [-0.39, 0.29) is 5.69 Å². The molecule has 0 amide bonds. The van der Waals surface area contributed by atoms with Crippen molar-refractivity contribution in [2.75, 3.05) is 0 Å². The zero-order chi connectivity index (χ0) is 20.0. The summed E-state index contributed by atoms with van der Waals surface area (Å²) < 4.78 is 31.0. The number of halogens is 3. The van der Waals surface area contributed by atoms with Gasteiger partial charge in [-0.15, -0.1) is 0 Å². The Labute approximate surface area is 169 Å². The number of fused-ring (bicyclic) bond motifs is 1. The van der Waals surface area contributed by atoms with E-state index in [9.17, 15) is 8.78 Å². The molecular formula is C22H13ClF2N4. The summed E-state index contributed by atoms with van der Waals surface area (Å²) in [5.74, 6) is -1.27. The molecule has 0 atom stereocenters. The second kappa shape index (κ2) is 6.83. The first-order valence-corrected chi connectivity index (χ1v) is 9.21. The Morgan fingerprint density at radius 3 is 2.48 bits per heavy atom. The molecule has 0 N–H and O–H groups in total. The van der Waals surface area contributed by atoms with Crippen LogP contribution in [0.25, 0.3) is 33.7 Å². The first kappa shape index (κ1) is 17.6. The number of imidazole rings is 1. The van der Waals surface area contributed by atoms with Crippen molar-refractivity contribution in [2.24, 2.45) is 0 Å². The third-order valence-electron chi connectivity index (χ3n) is 4.73. The average molecular weight is 407 g/mol. The molecule has 0 aliphatic carbocycles. The predicted molar refractivity (Wildman–Crippen MR) is 109 cm³/mol. The van der Waals surface area contributed by atoms with Gasteiger partial charge in [0, 0.05) is 16.7 Å². The van der Waals surface area contributed by atoms with E-state index in [0.29, 0.717) is 16.1 Å². The van der Waals surface area contributed by atoms with Crippen LogP contribution in [0.15, 0.2) is 79.3 Å². The van der Waals surface area contributed by atoms with Gasteiger partial charge in [-0.3, -0.25) is 4.57 Å². The maximum atomic E-state index is 14.3. The average Bonchev–Trinajstić information content (AvgIpc) is 3.35. The molecule has 29 heavy (non-hydrogen) atoms. The van der Waals surface area contributed by atoms with Crippen LogP contribution in [0.4, 0.5) is 8.78 Å². The van der Waals surface area contributed by atoms with Crippen molar-refractivity contribution in [3.8, 4) is 22.6 Å². The van der Waals surface area contributed by atoms with Gasteiger partial charge < -0.3 is 0 Å². The maximum Gasteiger partial charge on any atom is 0.150 e. The van der Waals surface area contributed by atoms with Gasteiger partial charge >= 0.3 is 0 Å². The van der Waals surface area contributed by atoms with E-state index in [0.717, 1.165) is 23.0 Å². The molecule has 0 bridgehead atoms. The second-order valence-electron chi connectivity index (χ2n) is 6.52. The standard InChI is InChI=1S/C22H13ClF2N4/c23-15-2-5-17(6-3-15)29-20(9-10-27-29)14-1-7-19-22(11-14)28(13-26-19)21-8-4-16(24)12-18(21)25/h1-13H. The summed E-state index contributed by atoms with van der Waals surface area (Å²) in [6, 6.07) is 18.5. The molecule has 0 radical (unpaired) electrons. The molecule has 5 aromatic rings. The third-order valence-corrected chi connectivity index (χ3v) is 4.98. The molecule has 0 saturated carbocycles. The molecule has 0 fully saturated rings. The van der Waals surface area contributed by atoms with E-state index in [1.807, 2.05) is 36.4 Å². The highest BCUT2D eigenvalue weighted by atomic mass is 35.5. The Morgan fingerprint density at radius 2 is 1.69 bits per heavy atom. The zero-order valence-electron chi connectivity index (χ0n) is 14.9. The lowest BCUT2D eigenvalue weighted by atomic mass is 10.1. The van der Waals surface area contributed by atoms with Gasteiger partial charge in [-0.2, -0.15) is 5.10 Å². The Hall–Kier alpha value is -3.51. The molecule has 142 valence electrons. The number of benzene rings is 3. The molecule has 0 aliphatic rings. The normalized spacial score (nSPS) is 11.3. The van der Waals surface area contributed by atoms with E-state index in [4.69, 9.17) is 11.6 Å². The number of hydrogen-bond donors (Lipinski definition) is 0. The van der Waals surface area contributed by atoms with Crippen molar-refractivity contribution >= 4 is 22.6 Å². The fourth-order valence-electron chi connectivity index (χ4n) is 3.35. The number of rotatable bonds is 3. The van der Waals surface area contributed by atoms with Crippen LogP contribution in [0.2, 0.25) is 5.02 Å². The highest BCUT2D eigenvalue weighted by molar-refractivity contribution is 6.30. The zero-order valence-corrected chi connectivity index (χ0v) is 15.7. The van der Waals surface area contributed by atoms with Gasteiger partial charge in [-0.25, -0.2) is 18.4 Å². The van der Waals surface area contributed by atoms with Gasteiger partial charge in [0.25, 0.3) is 0 Å². The Kier molecular flexibility index (Phi) is 4.14. The summed E-state index contributed by atoms with van der Waals surface area (Å²) in [6.45, 7) is 0. The van der Waals surface area contributed by atoms with Gasteiger partial charge in [0.1, 0.15) is 18.0 Å². The third kappa shape index (κ3) is 3.07. The largest absolute Gasteiger partial charge is 0.296 e. The molecule has 3 aromatic carbocycles. The fourth-order valence-corrected chi connectivity index (χ4v) is 3.47. The van der Waals surface area contributed by atoms with Crippen LogP contribution in [0.1, 0.15) is 0 Å². The number of aromatic nitrogens is 4. The van der Waals surface area contributed by atoms with E-state index in [2.05, 4.69) is 10.1 Å². The molecule has 0 spiro atoms. The van der Waals surface area contributed by atoms with Crippen LogP contribution >= 0.6 is 11.6 Å². The van der Waals surface area contributed by atoms with Crippen molar-refractivity contribution in [3.05, 3.63) is 95.9 Å². The second-order valence-corrected chi connectivity index (χ2v) is 6.95. The van der Waals surface area contributed by atoms with Crippen molar-refractivity contribution < 1.29 is 8.78 Å². The van der Waals surface area contributed by atoms with E-state index in [1.165, 1.54) is 18.5 Å². The first-order valence-electron chi connectivity index (χ1n) is 8.83. The van der Waals surface area contributed by atoms with Gasteiger partial charge in [-0.05, 0) is 54.6 Å². The van der Waals surface area contributed by atoms with E-state index in [1.54, 1.807) is 27.6 Å². The van der Waals surface area contributed by atoms with E-state index < -0.39 is 11.6 Å². The SMILES string of the molecule is Fc1ccc(-n2cnc3ccc(-c4ccnn4-c4ccc(Cl)cc4)cc32)c(F)c1. The molecule has 7 heteroatoms. The predicted octanol–water partition coefficient (Wildman–Crippen LogP) is 5.81. The van der Waals surface area contributed by atoms with Crippen LogP contribution in [-0.2, 0) is 0 Å². The smallest absolute Gasteiger partial charge is 0.150 e. The molecular weight excluding hydrogens is 394 g/mol. The topological polar surface area (TPSA) is 35.6 Å². The molecule has 2 heterocycles. The minimum absolute atomic E-state index is 0.234. The lowest BCUT2D eigenvalue weighted by Crippen LogP contribution is -1.99. The van der Waals surface area contributed by atoms with Crippen molar-refractivity contribution in [1.82, 2.24) is 19.3 Å². The van der Waals surface area contributed by atoms with Crippen LogP contribution in [0, 0.1) is 11.6 Å². The quantitative estimate of drug-likeness (QED) is 0.379. The van der Waals surface area contributed by atoms with Gasteiger partial charge in [0.15, 0.2) is 0 Å². The minimum Gasteiger partial charge on any atom is -0.296 e. The fraction of sp³-hybridized carbons (Fsp3) is 0. The molecule has 0 saturated heterocycles. The lowest BCUT2D eigenvalue weighted by molar-refractivity contribution is 0.578. The summed E-state index contributed by atoms with van der Waals surface area (Å²) in [5.41, 5.74) is 4.26. The molecule has 0 aliphatic heterocycles. The summed E-state index contributed by atoms with van der Waals surface area (Å²) in [4.78, 5) is 4.34. The van der Waals surface area contributed by atoms with Crippen LogP contribution < -0.4 is 0 Å². The van der Waals surface area contributed by atoms with Crippen LogP contribution in [0.3, 0.4) is 0 Å². The molecule has 2 aromatic heterocycles. The van der Waals surface area contributed by atoms with Crippen LogP contribution in [0.5, 0.6) is 0 Å². The number of nitrogens with zero attached hydrogens (tertiary/aromatic N) is 4. The highest BCUT2D eigenvalue weighted by Crippen LogP contribution is 2.28. The van der Waals surface area contributed by atoms with Crippen molar-refractivity contribution in [2.45, 2.75) is 0 Å². The minimum atomic E-state index is -0.652. The highest BCUT2D eigenvalue weighted by Gasteiger charge is 2.13. The van der Waals surface area contributed by atoms with Gasteiger partial charge in [0.05, 0.1) is 34.3 Å². The summed E-state index contributed by atoms with van der Waals surface area (Å²) in [6.07, 6.45) is 3.24. The molecule has 0 unspecified atom stereocenters. The Balaban J connectivity index is 1.65. The maximum absolute atomic E-state index is 14.3. The van der Waals surface area contributed by atoms with Gasteiger partial charge in [-0.1, -0.05) is 17.7 Å².